The first-order valence-corrected chi connectivity index (χ1v) is 6.40. The maximum atomic E-state index is 3.38. The molecule has 0 saturated carbocycles. The number of hydrogen-bond donors (Lipinski definition) is 1. The summed E-state index contributed by atoms with van der Waals surface area (Å²) in [5.74, 6) is 0. The second-order valence-electron chi connectivity index (χ2n) is 5.65. The normalized spacial score (nSPS) is 42.2. The van der Waals surface area contributed by atoms with Gasteiger partial charge in [-0.15, -0.1) is 0 Å². The molecule has 3 nitrogen and oxygen atoms in total. The number of piperidine rings is 1. The van der Waals surface area contributed by atoms with Gasteiger partial charge in [-0.3, -0.25) is 4.90 Å². The van der Waals surface area contributed by atoms with Crippen LogP contribution in [-0.4, -0.2) is 61.2 Å². The molecule has 2 unspecified atom stereocenters. The van der Waals surface area contributed by atoms with Gasteiger partial charge in [0, 0.05) is 37.3 Å². The van der Waals surface area contributed by atoms with Gasteiger partial charge >= 0.3 is 0 Å². The first-order valence-electron chi connectivity index (χ1n) is 6.40. The van der Waals surface area contributed by atoms with Crippen LogP contribution in [0.25, 0.3) is 0 Å². The van der Waals surface area contributed by atoms with Crippen molar-refractivity contribution in [1.82, 2.24) is 15.1 Å². The SMILES string of the molecule is CN1C2CCC1CC(N(C)C1CNC1)C2. The number of fused-ring (bicyclic) bond motifs is 2. The molecule has 0 spiro atoms. The van der Waals surface area contributed by atoms with Gasteiger partial charge in [0.25, 0.3) is 0 Å². The maximum Gasteiger partial charge on any atom is 0.0345 e. The van der Waals surface area contributed by atoms with Gasteiger partial charge in [0.15, 0.2) is 0 Å². The van der Waals surface area contributed by atoms with Crippen LogP contribution in [0.15, 0.2) is 0 Å². The molecule has 1 N–H and O–H groups in total. The van der Waals surface area contributed by atoms with Gasteiger partial charge in [0.2, 0.25) is 0 Å². The molecule has 3 aliphatic rings. The Hall–Kier alpha value is -0.120. The topological polar surface area (TPSA) is 18.5 Å². The summed E-state index contributed by atoms with van der Waals surface area (Å²) in [6.45, 7) is 2.41. The maximum absolute atomic E-state index is 3.38. The molecule has 3 heterocycles. The Morgan fingerprint density at radius 3 is 2.13 bits per heavy atom. The Bertz CT molecular complexity index is 225. The fourth-order valence-electron chi connectivity index (χ4n) is 3.57. The Morgan fingerprint density at radius 1 is 1.07 bits per heavy atom. The van der Waals surface area contributed by atoms with Crippen LogP contribution in [0.2, 0.25) is 0 Å². The van der Waals surface area contributed by atoms with Gasteiger partial charge in [-0.1, -0.05) is 0 Å². The lowest BCUT2D eigenvalue weighted by Crippen LogP contribution is -2.60. The van der Waals surface area contributed by atoms with E-state index < -0.39 is 0 Å². The fraction of sp³-hybridized carbons (Fsp3) is 1.00. The molecule has 3 aliphatic heterocycles. The number of nitrogens with one attached hydrogen (secondary N) is 1. The van der Waals surface area contributed by atoms with E-state index >= 15 is 0 Å². The Balaban J connectivity index is 1.64. The zero-order valence-electron chi connectivity index (χ0n) is 9.95. The van der Waals surface area contributed by atoms with Crippen LogP contribution in [0, 0.1) is 0 Å². The largest absolute Gasteiger partial charge is 0.314 e. The summed E-state index contributed by atoms with van der Waals surface area (Å²) in [4.78, 5) is 5.28. The van der Waals surface area contributed by atoms with Gasteiger partial charge in [0.05, 0.1) is 0 Å². The molecule has 0 amide bonds. The zero-order valence-corrected chi connectivity index (χ0v) is 9.95. The first kappa shape index (κ1) is 10.1. The highest BCUT2D eigenvalue weighted by atomic mass is 15.3. The highest BCUT2D eigenvalue weighted by Gasteiger charge is 2.41. The van der Waals surface area contributed by atoms with Gasteiger partial charge in [0.1, 0.15) is 0 Å². The first-order chi connectivity index (χ1) is 7.25. The Kier molecular flexibility index (Phi) is 2.49. The van der Waals surface area contributed by atoms with Crippen LogP contribution in [0.3, 0.4) is 0 Å². The third-order valence-electron chi connectivity index (χ3n) is 4.99. The van der Waals surface area contributed by atoms with E-state index in [1.165, 1.54) is 38.8 Å². The summed E-state index contributed by atoms with van der Waals surface area (Å²) in [5.41, 5.74) is 0. The third-order valence-corrected chi connectivity index (χ3v) is 4.99. The lowest BCUT2D eigenvalue weighted by Gasteiger charge is -2.45. The number of likely N-dealkylation sites (N-methyl/N-ethyl adjacent to an activating group) is 1. The predicted octanol–water partition coefficient (Wildman–Crippen LogP) is 0.515. The lowest BCUT2D eigenvalue weighted by molar-refractivity contribution is 0.0502. The predicted molar refractivity (Wildman–Crippen MR) is 62.0 cm³/mol. The van der Waals surface area contributed by atoms with Crippen molar-refractivity contribution >= 4 is 0 Å². The minimum absolute atomic E-state index is 0.817. The highest BCUT2D eigenvalue weighted by Crippen LogP contribution is 2.36. The zero-order chi connectivity index (χ0) is 10.4. The molecule has 3 heteroatoms. The van der Waals surface area contributed by atoms with E-state index in [0.717, 1.165) is 24.2 Å². The van der Waals surface area contributed by atoms with Crippen LogP contribution in [0.1, 0.15) is 25.7 Å². The minimum atomic E-state index is 0.817. The smallest absolute Gasteiger partial charge is 0.0345 e. The second kappa shape index (κ2) is 3.72. The molecule has 0 aliphatic carbocycles. The van der Waals surface area contributed by atoms with E-state index in [1.54, 1.807) is 0 Å². The summed E-state index contributed by atoms with van der Waals surface area (Å²) in [5, 5.41) is 3.38. The van der Waals surface area contributed by atoms with Gasteiger partial charge in [-0.05, 0) is 39.8 Å². The molecule has 2 bridgehead atoms. The summed E-state index contributed by atoms with van der Waals surface area (Å²) in [6, 6.07) is 3.43. The van der Waals surface area contributed by atoms with E-state index in [4.69, 9.17) is 0 Å². The standard InChI is InChI=1S/C12H23N3/c1-14-9-3-4-10(14)6-11(5-9)15(2)12-7-13-8-12/h9-13H,3-8H2,1-2H3. The van der Waals surface area contributed by atoms with Crippen molar-refractivity contribution in [2.75, 3.05) is 27.2 Å². The van der Waals surface area contributed by atoms with Crippen molar-refractivity contribution in [2.24, 2.45) is 0 Å². The van der Waals surface area contributed by atoms with Crippen molar-refractivity contribution in [3.63, 3.8) is 0 Å². The molecule has 0 radical (unpaired) electrons. The van der Waals surface area contributed by atoms with E-state index in [0.29, 0.717) is 0 Å². The average Bonchev–Trinajstić information content (AvgIpc) is 2.37. The molecule has 15 heavy (non-hydrogen) atoms. The molecule has 86 valence electrons. The highest BCUT2D eigenvalue weighted by molar-refractivity contribution is 4.98. The summed E-state index contributed by atoms with van der Waals surface area (Å²) in [7, 11) is 4.66. The van der Waals surface area contributed by atoms with E-state index in [1.807, 2.05) is 0 Å². The Labute approximate surface area is 92.8 Å². The quantitative estimate of drug-likeness (QED) is 0.715. The van der Waals surface area contributed by atoms with E-state index in [9.17, 15) is 0 Å². The number of hydrogen-bond acceptors (Lipinski definition) is 3. The van der Waals surface area contributed by atoms with Crippen LogP contribution in [-0.2, 0) is 0 Å². The second-order valence-corrected chi connectivity index (χ2v) is 5.65. The Morgan fingerprint density at radius 2 is 1.67 bits per heavy atom. The summed E-state index contributed by atoms with van der Waals surface area (Å²) >= 11 is 0. The molecular formula is C12H23N3. The average molecular weight is 209 g/mol. The molecule has 3 rings (SSSR count). The number of rotatable bonds is 2. The fourth-order valence-corrected chi connectivity index (χ4v) is 3.57. The lowest BCUT2D eigenvalue weighted by atomic mass is 9.94. The molecule has 3 saturated heterocycles. The molecule has 0 aromatic rings. The third kappa shape index (κ3) is 1.61. The van der Waals surface area contributed by atoms with Crippen molar-refractivity contribution in [3.8, 4) is 0 Å². The van der Waals surface area contributed by atoms with Crippen molar-refractivity contribution in [2.45, 2.75) is 49.9 Å². The monoisotopic (exact) mass is 209 g/mol. The van der Waals surface area contributed by atoms with Crippen LogP contribution in [0.4, 0.5) is 0 Å². The van der Waals surface area contributed by atoms with E-state index in [2.05, 4.69) is 29.2 Å². The van der Waals surface area contributed by atoms with Crippen molar-refractivity contribution < 1.29 is 0 Å². The molecule has 3 fully saturated rings. The summed E-state index contributed by atoms with van der Waals surface area (Å²) in [6.07, 6.45) is 5.68. The van der Waals surface area contributed by atoms with Crippen LogP contribution in [0.5, 0.6) is 0 Å². The molecule has 0 aromatic carbocycles. The van der Waals surface area contributed by atoms with E-state index in [-0.39, 0.29) is 0 Å². The minimum Gasteiger partial charge on any atom is -0.314 e. The van der Waals surface area contributed by atoms with Gasteiger partial charge < -0.3 is 10.2 Å². The molecule has 2 atom stereocenters. The van der Waals surface area contributed by atoms with Crippen LogP contribution < -0.4 is 5.32 Å². The molecular weight excluding hydrogens is 186 g/mol. The van der Waals surface area contributed by atoms with Gasteiger partial charge in [-0.2, -0.15) is 0 Å². The number of nitrogens with zero attached hydrogens (tertiary/aromatic N) is 2. The van der Waals surface area contributed by atoms with Crippen molar-refractivity contribution in [3.05, 3.63) is 0 Å². The van der Waals surface area contributed by atoms with Gasteiger partial charge in [-0.25, -0.2) is 0 Å². The summed E-state index contributed by atoms with van der Waals surface area (Å²) < 4.78 is 0. The van der Waals surface area contributed by atoms with Crippen LogP contribution >= 0.6 is 0 Å². The van der Waals surface area contributed by atoms with Crippen molar-refractivity contribution in [1.29, 1.82) is 0 Å². The molecule has 0 aromatic heterocycles.